The predicted octanol–water partition coefficient (Wildman–Crippen LogP) is 0.539. The number of hydrogen-bond donors (Lipinski definition) is 1. The first-order valence-electron chi connectivity index (χ1n) is 1.85. The van der Waals surface area contributed by atoms with Gasteiger partial charge in [0.2, 0.25) is 0 Å². The van der Waals surface area contributed by atoms with E-state index in [0.29, 0.717) is 0 Å². The molecule has 36 valence electrons. The summed E-state index contributed by atoms with van der Waals surface area (Å²) in [6.45, 7) is 0. The summed E-state index contributed by atoms with van der Waals surface area (Å²) in [6, 6.07) is 1.82. The van der Waals surface area contributed by atoms with Crippen molar-refractivity contribution >= 4 is 0 Å². The van der Waals surface area contributed by atoms with E-state index in [9.17, 15) is 0 Å². The SMILES string of the molecule is N#C/C=C/C=C\N. The Morgan fingerprint density at radius 2 is 2.14 bits per heavy atom. The molecule has 0 radical (unpaired) electrons. The summed E-state index contributed by atoms with van der Waals surface area (Å²) in [5, 5.41) is 7.88. The molecule has 0 amide bonds. The van der Waals surface area contributed by atoms with Gasteiger partial charge in [0.1, 0.15) is 0 Å². The molecule has 0 heterocycles. The molecule has 0 saturated carbocycles. The molecule has 0 aliphatic heterocycles. The molecule has 0 aromatic carbocycles. The molecule has 0 bridgehead atoms. The summed E-state index contributed by atoms with van der Waals surface area (Å²) in [7, 11) is 0. The van der Waals surface area contributed by atoms with E-state index >= 15 is 0 Å². The predicted molar refractivity (Wildman–Crippen MR) is 28.1 cm³/mol. The smallest absolute Gasteiger partial charge is 0.0912 e. The maximum atomic E-state index is 7.88. The molecule has 0 aliphatic rings. The molecule has 0 rings (SSSR count). The lowest BCUT2D eigenvalue weighted by atomic mass is 10.5. The lowest BCUT2D eigenvalue weighted by molar-refractivity contribution is 1.53. The van der Waals surface area contributed by atoms with Crippen LogP contribution < -0.4 is 5.73 Å². The fourth-order valence-corrected chi connectivity index (χ4v) is 0.163. The number of hydrogen-bond acceptors (Lipinski definition) is 2. The van der Waals surface area contributed by atoms with Gasteiger partial charge in [0, 0.05) is 6.08 Å². The second-order valence-corrected chi connectivity index (χ2v) is 0.873. The topological polar surface area (TPSA) is 49.8 Å². The van der Waals surface area contributed by atoms with Crippen LogP contribution in [0.3, 0.4) is 0 Å². The zero-order chi connectivity index (χ0) is 5.54. The Morgan fingerprint density at radius 1 is 1.43 bits per heavy atom. The van der Waals surface area contributed by atoms with Crippen LogP contribution in [-0.4, -0.2) is 0 Å². The van der Waals surface area contributed by atoms with Crippen LogP contribution in [0.1, 0.15) is 0 Å². The number of nitrogens with zero attached hydrogens (tertiary/aromatic N) is 1. The minimum atomic E-state index is 1.35. The van der Waals surface area contributed by atoms with Crippen molar-refractivity contribution < 1.29 is 0 Å². The molecule has 2 nitrogen and oxygen atoms in total. The number of nitriles is 1. The molecule has 0 saturated heterocycles. The third kappa shape index (κ3) is 4.77. The Morgan fingerprint density at radius 3 is 2.57 bits per heavy atom. The highest BCUT2D eigenvalue weighted by molar-refractivity contribution is 5.10. The summed E-state index contributed by atoms with van der Waals surface area (Å²) in [6.07, 6.45) is 5.88. The third-order valence-electron chi connectivity index (χ3n) is 0.393. The Labute approximate surface area is 42.6 Å². The Balaban J connectivity index is 3.33. The highest BCUT2D eigenvalue weighted by Gasteiger charge is 1.54. The molecular formula is C5H6N2. The molecule has 0 atom stereocenters. The Kier molecular flexibility index (Phi) is 3.93. The van der Waals surface area contributed by atoms with Gasteiger partial charge in [0.15, 0.2) is 0 Å². The summed E-state index contributed by atoms with van der Waals surface area (Å²) in [5.41, 5.74) is 4.93. The number of nitrogens with two attached hydrogens (primary N) is 1. The minimum absolute atomic E-state index is 1.35. The van der Waals surface area contributed by atoms with E-state index in [1.165, 1.54) is 12.3 Å². The summed E-state index contributed by atoms with van der Waals surface area (Å²) < 4.78 is 0. The normalized spacial score (nSPS) is 10.1. The van der Waals surface area contributed by atoms with Gasteiger partial charge in [-0.2, -0.15) is 5.26 Å². The molecule has 0 aromatic heterocycles. The first kappa shape index (κ1) is 5.77. The maximum Gasteiger partial charge on any atom is 0.0912 e. The van der Waals surface area contributed by atoms with Gasteiger partial charge < -0.3 is 5.73 Å². The second kappa shape index (κ2) is 4.77. The molecule has 0 aliphatic carbocycles. The van der Waals surface area contributed by atoms with Crippen molar-refractivity contribution in [1.82, 2.24) is 0 Å². The lowest BCUT2D eigenvalue weighted by Crippen LogP contribution is -1.71. The van der Waals surface area contributed by atoms with E-state index in [1.54, 1.807) is 12.2 Å². The van der Waals surface area contributed by atoms with Gasteiger partial charge in [0.05, 0.1) is 6.07 Å². The zero-order valence-electron chi connectivity index (χ0n) is 3.83. The molecule has 0 fully saturated rings. The minimum Gasteiger partial charge on any atom is -0.405 e. The zero-order valence-corrected chi connectivity index (χ0v) is 3.83. The molecule has 7 heavy (non-hydrogen) atoms. The van der Waals surface area contributed by atoms with Crippen LogP contribution in [-0.2, 0) is 0 Å². The van der Waals surface area contributed by atoms with Gasteiger partial charge in [-0.15, -0.1) is 0 Å². The average Bonchev–Trinajstić information content (AvgIpc) is 1.69. The number of rotatable bonds is 1. The van der Waals surface area contributed by atoms with Gasteiger partial charge in [-0.3, -0.25) is 0 Å². The second-order valence-electron chi connectivity index (χ2n) is 0.873. The lowest BCUT2D eigenvalue weighted by Gasteiger charge is -1.62. The summed E-state index contributed by atoms with van der Waals surface area (Å²) in [4.78, 5) is 0. The quantitative estimate of drug-likeness (QED) is 0.381. The van der Waals surface area contributed by atoms with Gasteiger partial charge >= 0.3 is 0 Å². The van der Waals surface area contributed by atoms with Crippen molar-refractivity contribution in [2.24, 2.45) is 5.73 Å². The molecule has 0 unspecified atom stereocenters. The third-order valence-corrected chi connectivity index (χ3v) is 0.393. The fraction of sp³-hybridized carbons (Fsp3) is 0. The van der Waals surface area contributed by atoms with Crippen molar-refractivity contribution in [2.75, 3.05) is 0 Å². The Bertz CT molecular complexity index is 117. The van der Waals surface area contributed by atoms with Crippen LogP contribution in [0.25, 0.3) is 0 Å². The van der Waals surface area contributed by atoms with Crippen molar-refractivity contribution in [2.45, 2.75) is 0 Å². The van der Waals surface area contributed by atoms with E-state index in [-0.39, 0.29) is 0 Å². The van der Waals surface area contributed by atoms with Crippen LogP contribution in [0, 0.1) is 11.3 Å². The first-order valence-corrected chi connectivity index (χ1v) is 1.85. The summed E-state index contributed by atoms with van der Waals surface area (Å²) in [5.74, 6) is 0. The van der Waals surface area contributed by atoms with Crippen molar-refractivity contribution in [1.29, 1.82) is 5.26 Å². The van der Waals surface area contributed by atoms with Crippen LogP contribution in [0.2, 0.25) is 0 Å². The van der Waals surface area contributed by atoms with E-state index in [4.69, 9.17) is 11.0 Å². The molecule has 0 aromatic rings. The van der Waals surface area contributed by atoms with E-state index in [1.807, 2.05) is 6.07 Å². The van der Waals surface area contributed by atoms with Crippen LogP contribution in [0.5, 0.6) is 0 Å². The maximum absolute atomic E-state index is 7.88. The molecule has 2 heteroatoms. The summed E-state index contributed by atoms with van der Waals surface area (Å²) >= 11 is 0. The standard InChI is InChI=1S/C5H6N2/c6-4-2-1-3-5-7/h1-4H,6H2/b3-1+,4-2-. The van der Waals surface area contributed by atoms with Crippen LogP contribution in [0.4, 0.5) is 0 Å². The highest BCUT2D eigenvalue weighted by atomic mass is 14.5. The van der Waals surface area contributed by atoms with E-state index < -0.39 is 0 Å². The first-order chi connectivity index (χ1) is 3.41. The molecular weight excluding hydrogens is 88.1 g/mol. The Hall–Kier alpha value is -1.23. The van der Waals surface area contributed by atoms with Crippen molar-refractivity contribution in [3.63, 3.8) is 0 Å². The monoisotopic (exact) mass is 94.1 g/mol. The van der Waals surface area contributed by atoms with Crippen molar-refractivity contribution in [3.8, 4) is 6.07 Å². The van der Waals surface area contributed by atoms with Gasteiger partial charge in [-0.25, -0.2) is 0 Å². The van der Waals surface area contributed by atoms with E-state index in [0.717, 1.165) is 0 Å². The van der Waals surface area contributed by atoms with Crippen LogP contribution >= 0.6 is 0 Å². The highest BCUT2D eigenvalue weighted by Crippen LogP contribution is 1.68. The van der Waals surface area contributed by atoms with Gasteiger partial charge in [0.25, 0.3) is 0 Å². The van der Waals surface area contributed by atoms with Crippen LogP contribution in [0.15, 0.2) is 24.4 Å². The fourth-order valence-electron chi connectivity index (χ4n) is 0.163. The average molecular weight is 94.1 g/mol. The van der Waals surface area contributed by atoms with Crippen molar-refractivity contribution in [3.05, 3.63) is 24.4 Å². The molecule has 2 N–H and O–H groups in total. The number of allylic oxidation sites excluding steroid dienone is 3. The van der Waals surface area contributed by atoms with Gasteiger partial charge in [-0.05, 0) is 12.3 Å². The van der Waals surface area contributed by atoms with Gasteiger partial charge in [-0.1, -0.05) is 6.08 Å². The molecule has 0 spiro atoms. The largest absolute Gasteiger partial charge is 0.405 e. The van der Waals surface area contributed by atoms with E-state index in [2.05, 4.69) is 0 Å².